The van der Waals surface area contributed by atoms with Crippen LogP contribution in [-0.4, -0.2) is 25.5 Å². The standard InChI is InChI=1S/C20H18ClF4N5O/c1-11(30-17(13-5-6-13)16(21)18(28-30)20(23,24)25)19(31)26-15-7-8-29(27-15)10-12-3-2-4-14(22)9-12/h2-4,7-9,11,13H,5-6,10H2,1H3,(H,26,27,31). The Balaban J connectivity index is 1.50. The van der Waals surface area contributed by atoms with Crippen LogP contribution in [0.5, 0.6) is 0 Å². The van der Waals surface area contributed by atoms with Gasteiger partial charge in [-0.25, -0.2) is 4.39 Å². The second-order valence-corrected chi connectivity index (χ2v) is 7.84. The van der Waals surface area contributed by atoms with Gasteiger partial charge in [0.05, 0.1) is 17.3 Å². The second kappa shape index (κ2) is 7.99. The van der Waals surface area contributed by atoms with Gasteiger partial charge < -0.3 is 5.32 Å². The molecule has 31 heavy (non-hydrogen) atoms. The minimum Gasteiger partial charge on any atom is -0.307 e. The van der Waals surface area contributed by atoms with Crippen molar-refractivity contribution >= 4 is 23.3 Å². The van der Waals surface area contributed by atoms with Crippen molar-refractivity contribution in [2.24, 2.45) is 0 Å². The van der Waals surface area contributed by atoms with Crippen molar-refractivity contribution in [2.45, 2.75) is 44.4 Å². The van der Waals surface area contributed by atoms with Crippen LogP contribution in [0.1, 0.15) is 48.7 Å². The SMILES string of the molecule is CC(C(=O)Nc1ccn(Cc2cccc(F)c2)n1)n1nc(C(F)(F)F)c(Cl)c1C1CC1. The third-order valence-corrected chi connectivity index (χ3v) is 5.36. The van der Waals surface area contributed by atoms with Gasteiger partial charge in [0, 0.05) is 18.2 Å². The van der Waals surface area contributed by atoms with Crippen LogP contribution in [0.3, 0.4) is 0 Å². The highest BCUT2D eigenvalue weighted by atomic mass is 35.5. The molecular weight excluding hydrogens is 438 g/mol. The molecule has 0 radical (unpaired) electrons. The first kappa shape index (κ1) is 21.4. The Hall–Kier alpha value is -2.88. The van der Waals surface area contributed by atoms with E-state index in [9.17, 15) is 22.4 Å². The largest absolute Gasteiger partial charge is 0.436 e. The summed E-state index contributed by atoms with van der Waals surface area (Å²) in [5.41, 5.74) is -0.266. The quantitative estimate of drug-likeness (QED) is 0.531. The van der Waals surface area contributed by atoms with Gasteiger partial charge >= 0.3 is 6.18 Å². The number of carbonyl (C=O) groups is 1. The van der Waals surface area contributed by atoms with E-state index in [1.165, 1.54) is 23.7 Å². The number of hydrogen-bond donors (Lipinski definition) is 1. The van der Waals surface area contributed by atoms with Crippen LogP contribution >= 0.6 is 11.6 Å². The van der Waals surface area contributed by atoms with Crippen LogP contribution in [0.25, 0.3) is 0 Å². The molecule has 1 N–H and O–H groups in total. The number of amides is 1. The van der Waals surface area contributed by atoms with Gasteiger partial charge in [0.1, 0.15) is 11.9 Å². The Bertz CT molecular complexity index is 1120. The second-order valence-electron chi connectivity index (χ2n) is 7.46. The molecule has 0 bridgehead atoms. The number of nitrogens with one attached hydrogen (secondary N) is 1. The molecule has 1 fully saturated rings. The van der Waals surface area contributed by atoms with Gasteiger partial charge in [-0.15, -0.1) is 0 Å². The molecule has 0 aliphatic heterocycles. The topological polar surface area (TPSA) is 64.7 Å². The van der Waals surface area contributed by atoms with E-state index in [2.05, 4.69) is 15.5 Å². The van der Waals surface area contributed by atoms with Crippen molar-refractivity contribution in [3.05, 3.63) is 64.3 Å². The number of aromatic nitrogens is 4. The number of hydrogen-bond acceptors (Lipinski definition) is 3. The minimum absolute atomic E-state index is 0.142. The van der Waals surface area contributed by atoms with E-state index in [0.29, 0.717) is 24.9 Å². The summed E-state index contributed by atoms with van der Waals surface area (Å²) in [5, 5.41) is 9.95. The number of benzene rings is 1. The zero-order chi connectivity index (χ0) is 22.3. The monoisotopic (exact) mass is 455 g/mol. The first-order chi connectivity index (χ1) is 14.6. The van der Waals surface area contributed by atoms with Gasteiger partial charge in [0.2, 0.25) is 5.91 Å². The average molecular weight is 456 g/mol. The molecule has 1 aromatic carbocycles. The lowest BCUT2D eigenvalue weighted by molar-refractivity contribution is -0.141. The third-order valence-electron chi connectivity index (χ3n) is 4.99. The minimum atomic E-state index is -4.71. The Labute approximate surface area is 179 Å². The van der Waals surface area contributed by atoms with E-state index < -0.39 is 28.8 Å². The van der Waals surface area contributed by atoms with Crippen molar-refractivity contribution in [1.29, 1.82) is 0 Å². The summed E-state index contributed by atoms with van der Waals surface area (Å²) in [6.07, 6.45) is -1.71. The number of nitrogens with zero attached hydrogens (tertiary/aromatic N) is 4. The molecular formula is C20H18ClF4N5O. The zero-order valence-corrected chi connectivity index (χ0v) is 17.1. The molecule has 0 spiro atoms. The summed E-state index contributed by atoms with van der Waals surface area (Å²) >= 11 is 5.97. The highest BCUT2D eigenvalue weighted by Gasteiger charge is 2.43. The lowest BCUT2D eigenvalue weighted by atomic mass is 10.2. The Morgan fingerprint density at radius 1 is 1.29 bits per heavy atom. The summed E-state index contributed by atoms with van der Waals surface area (Å²) in [4.78, 5) is 12.7. The molecule has 4 rings (SSSR count). The number of rotatable bonds is 6. The molecule has 0 saturated heterocycles. The number of carbonyl (C=O) groups excluding carboxylic acids is 1. The van der Waals surface area contributed by atoms with E-state index in [0.717, 1.165) is 4.68 Å². The van der Waals surface area contributed by atoms with Gasteiger partial charge in [0.25, 0.3) is 0 Å². The molecule has 11 heteroatoms. The van der Waals surface area contributed by atoms with Crippen LogP contribution in [0.4, 0.5) is 23.4 Å². The average Bonchev–Trinajstić information content (AvgIpc) is 3.33. The molecule has 1 amide bonds. The van der Waals surface area contributed by atoms with Crippen molar-refractivity contribution in [2.75, 3.05) is 5.32 Å². The lowest BCUT2D eigenvalue weighted by Gasteiger charge is -2.15. The Morgan fingerprint density at radius 2 is 2.03 bits per heavy atom. The van der Waals surface area contributed by atoms with Crippen LogP contribution in [0, 0.1) is 5.82 Å². The van der Waals surface area contributed by atoms with Crippen molar-refractivity contribution in [1.82, 2.24) is 19.6 Å². The maximum Gasteiger partial charge on any atom is 0.436 e. The van der Waals surface area contributed by atoms with Crippen LogP contribution in [0.2, 0.25) is 5.02 Å². The van der Waals surface area contributed by atoms with Crippen molar-refractivity contribution in [3.8, 4) is 0 Å². The fraction of sp³-hybridized carbons (Fsp3) is 0.350. The normalized spacial score (nSPS) is 15.2. The molecule has 2 aromatic heterocycles. The molecule has 164 valence electrons. The van der Waals surface area contributed by atoms with Crippen LogP contribution in [-0.2, 0) is 17.5 Å². The molecule has 1 saturated carbocycles. The zero-order valence-electron chi connectivity index (χ0n) is 16.3. The molecule has 2 heterocycles. The van der Waals surface area contributed by atoms with Crippen LogP contribution < -0.4 is 5.32 Å². The van der Waals surface area contributed by atoms with E-state index in [-0.39, 0.29) is 23.2 Å². The molecule has 1 unspecified atom stereocenters. The Morgan fingerprint density at radius 3 is 2.68 bits per heavy atom. The summed E-state index contributed by atoms with van der Waals surface area (Å²) in [7, 11) is 0. The van der Waals surface area contributed by atoms with Crippen molar-refractivity contribution < 1.29 is 22.4 Å². The van der Waals surface area contributed by atoms with E-state index in [4.69, 9.17) is 11.6 Å². The molecule has 1 aliphatic rings. The maximum atomic E-state index is 13.3. The fourth-order valence-corrected chi connectivity index (χ4v) is 3.69. The first-order valence-corrected chi connectivity index (χ1v) is 9.95. The van der Waals surface area contributed by atoms with Gasteiger partial charge in [-0.1, -0.05) is 23.7 Å². The Kier molecular flexibility index (Phi) is 5.50. The van der Waals surface area contributed by atoms with Gasteiger partial charge in [0.15, 0.2) is 11.5 Å². The van der Waals surface area contributed by atoms with Gasteiger partial charge in [-0.2, -0.15) is 23.4 Å². The predicted molar refractivity (Wildman–Crippen MR) is 105 cm³/mol. The van der Waals surface area contributed by atoms with E-state index in [1.807, 2.05) is 0 Å². The van der Waals surface area contributed by atoms with Crippen LogP contribution in [0.15, 0.2) is 36.5 Å². The summed E-state index contributed by atoms with van der Waals surface area (Å²) in [6.45, 7) is 1.74. The number of anilines is 1. The molecule has 1 atom stereocenters. The summed E-state index contributed by atoms with van der Waals surface area (Å²) in [6, 6.07) is 6.55. The lowest BCUT2D eigenvalue weighted by Crippen LogP contribution is -2.26. The highest BCUT2D eigenvalue weighted by molar-refractivity contribution is 6.32. The van der Waals surface area contributed by atoms with Crippen molar-refractivity contribution in [3.63, 3.8) is 0 Å². The first-order valence-electron chi connectivity index (χ1n) is 9.57. The molecule has 1 aliphatic carbocycles. The fourth-order valence-electron chi connectivity index (χ4n) is 3.31. The third kappa shape index (κ3) is 4.58. The summed E-state index contributed by atoms with van der Waals surface area (Å²) in [5.74, 6) is -0.868. The number of alkyl halides is 3. The van der Waals surface area contributed by atoms with E-state index in [1.54, 1.807) is 24.4 Å². The smallest absolute Gasteiger partial charge is 0.307 e. The van der Waals surface area contributed by atoms with E-state index >= 15 is 0 Å². The maximum absolute atomic E-state index is 13.3. The van der Waals surface area contributed by atoms with Gasteiger partial charge in [-0.3, -0.25) is 14.2 Å². The molecule has 6 nitrogen and oxygen atoms in total. The van der Waals surface area contributed by atoms with Gasteiger partial charge in [-0.05, 0) is 37.5 Å². The highest BCUT2D eigenvalue weighted by Crippen LogP contribution is 2.47. The molecule has 3 aromatic rings. The predicted octanol–water partition coefficient (Wildman–Crippen LogP) is 5.02. The summed E-state index contributed by atoms with van der Waals surface area (Å²) < 4.78 is 55.6. The number of halogens is 5.